The molecule has 0 saturated heterocycles. The summed E-state index contributed by atoms with van der Waals surface area (Å²) in [6.07, 6.45) is -8.81. The molecule has 0 aliphatic carbocycles. The number of benzene rings is 2. The molecule has 0 amide bonds. The van der Waals surface area contributed by atoms with Crippen LogP contribution >= 0.6 is 23.2 Å². The van der Waals surface area contributed by atoms with Crippen molar-refractivity contribution in [3.8, 4) is 11.3 Å². The Hall–Kier alpha value is -2.65. The molecule has 0 aliphatic rings. The van der Waals surface area contributed by atoms with Gasteiger partial charge < -0.3 is 9.25 Å². The molecular formula is C20H11Cl2F6NO2. The summed E-state index contributed by atoms with van der Waals surface area (Å²) in [6.45, 7) is -0.0643. The summed E-state index contributed by atoms with van der Waals surface area (Å²) < 4.78 is 83.3. The number of hydrogen-bond donors (Lipinski definition) is 0. The van der Waals surface area contributed by atoms with Crippen LogP contribution in [0, 0.1) is 0 Å². The van der Waals surface area contributed by atoms with Gasteiger partial charge in [-0.2, -0.15) is 26.3 Å². The van der Waals surface area contributed by atoms with Gasteiger partial charge in [-0.1, -0.05) is 34.4 Å². The summed E-state index contributed by atoms with van der Waals surface area (Å²) in [7, 11) is 0. The molecule has 1 heterocycles. The number of nitrogens with zero attached hydrogens (tertiary/aromatic N) is 1. The first-order valence-electron chi connectivity index (χ1n) is 8.43. The van der Waals surface area contributed by atoms with Gasteiger partial charge in [0.25, 0.3) is 0 Å². The van der Waals surface area contributed by atoms with Gasteiger partial charge in [0.2, 0.25) is 0 Å². The first-order chi connectivity index (χ1) is 14.4. The van der Waals surface area contributed by atoms with Crippen LogP contribution in [0.4, 0.5) is 26.3 Å². The fraction of sp³-hybridized carbons (Fsp3) is 0.150. The summed E-state index contributed by atoms with van der Waals surface area (Å²) in [6, 6.07) is 8.61. The van der Waals surface area contributed by atoms with Crippen LogP contribution in [0.3, 0.4) is 0 Å². The molecule has 164 valence electrons. The van der Waals surface area contributed by atoms with Crippen molar-refractivity contribution in [3.05, 3.63) is 81.0 Å². The summed E-state index contributed by atoms with van der Waals surface area (Å²) in [5.74, 6) is -0.154. The average molecular weight is 482 g/mol. The van der Waals surface area contributed by atoms with Gasteiger partial charge in [-0.15, -0.1) is 0 Å². The Morgan fingerprint density at radius 3 is 2.00 bits per heavy atom. The second-order valence-corrected chi connectivity index (χ2v) is 7.02. The maximum Gasteiger partial charge on any atom is 0.416 e. The van der Waals surface area contributed by atoms with Crippen LogP contribution in [0.1, 0.15) is 22.5 Å². The number of rotatable bonds is 5. The Morgan fingerprint density at radius 1 is 0.871 bits per heavy atom. The molecule has 3 aromatic rings. The van der Waals surface area contributed by atoms with Crippen molar-refractivity contribution in [2.75, 3.05) is 0 Å². The summed E-state index contributed by atoms with van der Waals surface area (Å²) in [4.78, 5) is 5.07. The second kappa shape index (κ2) is 8.84. The van der Waals surface area contributed by atoms with Gasteiger partial charge in [0.05, 0.1) is 11.1 Å². The van der Waals surface area contributed by atoms with E-state index in [0.717, 1.165) is 6.21 Å². The molecule has 1 aromatic heterocycles. The van der Waals surface area contributed by atoms with Crippen molar-refractivity contribution in [2.45, 2.75) is 19.0 Å². The molecule has 0 fully saturated rings. The smallest absolute Gasteiger partial charge is 0.416 e. The van der Waals surface area contributed by atoms with E-state index in [1.54, 1.807) is 18.2 Å². The molecule has 0 N–H and O–H groups in total. The van der Waals surface area contributed by atoms with Gasteiger partial charge in [-0.25, -0.2) is 0 Å². The van der Waals surface area contributed by atoms with Crippen LogP contribution in [0.2, 0.25) is 10.0 Å². The van der Waals surface area contributed by atoms with Gasteiger partial charge in [0.1, 0.15) is 24.3 Å². The highest BCUT2D eigenvalue weighted by Crippen LogP contribution is 2.38. The van der Waals surface area contributed by atoms with E-state index in [2.05, 4.69) is 5.16 Å². The Bertz CT molecular complexity index is 1050. The topological polar surface area (TPSA) is 34.7 Å². The quantitative estimate of drug-likeness (QED) is 0.211. The van der Waals surface area contributed by atoms with Gasteiger partial charge in [-0.05, 0) is 42.5 Å². The molecule has 2 aromatic carbocycles. The van der Waals surface area contributed by atoms with Crippen LogP contribution < -0.4 is 0 Å². The zero-order valence-corrected chi connectivity index (χ0v) is 16.7. The Morgan fingerprint density at radius 2 is 1.45 bits per heavy atom. The first-order valence-corrected chi connectivity index (χ1v) is 9.18. The minimum Gasteiger partial charge on any atom is -0.455 e. The van der Waals surface area contributed by atoms with Crippen LogP contribution in [0.25, 0.3) is 11.3 Å². The number of oxime groups is 1. The highest BCUT2D eigenvalue weighted by Gasteiger charge is 2.37. The molecule has 31 heavy (non-hydrogen) atoms. The second-order valence-electron chi connectivity index (χ2n) is 6.20. The maximum atomic E-state index is 13.0. The molecule has 0 bridgehead atoms. The molecule has 0 atom stereocenters. The Labute approximate surface area is 181 Å². The maximum absolute atomic E-state index is 13.0. The van der Waals surface area contributed by atoms with Gasteiger partial charge in [0.15, 0.2) is 0 Å². The lowest BCUT2D eigenvalue weighted by Gasteiger charge is -2.13. The zero-order valence-electron chi connectivity index (χ0n) is 15.2. The number of hydrogen-bond acceptors (Lipinski definition) is 3. The Balaban J connectivity index is 1.79. The van der Waals surface area contributed by atoms with E-state index in [1.807, 2.05) is 0 Å². The van der Waals surface area contributed by atoms with E-state index in [0.29, 0.717) is 27.7 Å². The minimum absolute atomic E-state index is 0.0441. The minimum atomic E-state index is -4.96. The summed E-state index contributed by atoms with van der Waals surface area (Å²) in [5, 5.41) is 4.38. The van der Waals surface area contributed by atoms with Crippen LogP contribution in [-0.2, 0) is 23.8 Å². The molecule has 3 nitrogen and oxygen atoms in total. The number of halogens is 8. The lowest BCUT2D eigenvalue weighted by Crippen LogP contribution is -2.11. The molecule has 3 rings (SSSR count). The van der Waals surface area contributed by atoms with Gasteiger partial charge in [0, 0.05) is 21.2 Å². The molecular weight excluding hydrogens is 471 g/mol. The number of alkyl halides is 6. The van der Waals surface area contributed by atoms with Crippen LogP contribution in [0.15, 0.2) is 58.1 Å². The summed E-state index contributed by atoms with van der Waals surface area (Å²) >= 11 is 12.0. The third-order valence-electron chi connectivity index (χ3n) is 4.02. The third kappa shape index (κ3) is 5.74. The lowest BCUT2D eigenvalue weighted by molar-refractivity contribution is -0.143. The van der Waals surface area contributed by atoms with E-state index in [9.17, 15) is 26.3 Å². The van der Waals surface area contributed by atoms with E-state index >= 15 is 0 Å². The monoisotopic (exact) mass is 481 g/mol. The fourth-order valence-electron chi connectivity index (χ4n) is 2.54. The standard InChI is InChI=1S/C20H11Cl2F6NO2/c21-16-2-1-3-17(22)15(16)10-30-29-9-14-4-5-18(31-14)11-6-12(19(23,24)25)8-13(7-11)20(26,27)28/h1-9H,10H2/b29-9+. The first kappa shape index (κ1) is 23.0. The lowest BCUT2D eigenvalue weighted by atomic mass is 10.0. The van der Waals surface area contributed by atoms with Crippen molar-refractivity contribution in [2.24, 2.45) is 5.16 Å². The van der Waals surface area contributed by atoms with Crippen LogP contribution in [-0.4, -0.2) is 6.21 Å². The molecule has 0 spiro atoms. The zero-order chi connectivity index (χ0) is 22.8. The van der Waals surface area contributed by atoms with E-state index in [4.69, 9.17) is 32.5 Å². The largest absolute Gasteiger partial charge is 0.455 e. The average Bonchev–Trinajstić information content (AvgIpc) is 3.14. The predicted octanol–water partition coefficient (Wildman–Crippen LogP) is 7.84. The van der Waals surface area contributed by atoms with Crippen molar-refractivity contribution in [1.29, 1.82) is 0 Å². The van der Waals surface area contributed by atoms with Crippen molar-refractivity contribution in [3.63, 3.8) is 0 Å². The fourth-order valence-corrected chi connectivity index (χ4v) is 3.04. The molecule has 0 saturated carbocycles. The highest BCUT2D eigenvalue weighted by molar-refractivity contribution is 6.35. The highest BCUT2D eigenvalue weighted by atomic mass is 35.5. The van der Waals surface area contributed by atoms with Crippen LogP contribution in [0.5, 0.6) is 0 Å². The normalized spacial score (nSPS) is 12.5. The van der Waals surface area contributed by atoms with Crippen molar-refractivity contribution >= 4 is 29.4 Å². The third-order valence-corrected chi connectivity index (χ3v) is 4.73. The molecule has 11 heteroatoms. The van der Waals surface area contributed by atoms with Gasteiger partial charge >= 0.3 is 12.4 Å². The molecule has 0 aliphatic heterocycles. The summed E-state index contributed by atoms with van der Waals surface area (Å²) in [5.41, 5.74) is -2.77. The van der Waals surface area contributed by atoms with E-state index in [1.165, 1.54) is 12.1 Å². The molecule has 0 radical (unpaired) electrons. The van der Waals surface area contributed by atoms with Crippen molar-refractivity contribution < 1.29 is 35.6 Å². The Kier molecular flexibility index (Phi) is 6.56. The van der Waals surface area contributed by atoms with E-state index in [-0.39, 0.29) is 29.8 Å². The number of furan rings is 1. The predicted molar refractivity (Wildman–Crippen MR) is 103 cm³/mol. The molecule has 0 unspecified atom stereocenters. The van der Waals surface area contributed by atoms with Gasteiger partial charge in [-0.3, -0.25) is 0 Å². The van der Waals surface area contributed by atoms with E-state index < -0.39 is 23.5 Å². The SMILES string of the molecule is FC(F)(F)c1cc(-c2ccc(/C=N/OCc3c(Cl)cccc3Cl)o2)cc(C(F)(F)F)c1. The van der Waals surface area contributed by atoms with Crippen molar-refractivity contribution in [1.82, 2.24) is 0 Å².